The standard InChI is InChI=1S/C21H17BrF3N3O4/c1-11-26-19(17(22)20(29)28(11)18-15(24)4-3-5-16(18)25)32-10-12-6-7-14(23)8-13(12)9-27(2)21(30)31/h3-8H,9-10H2,1-2H3,(H,30,31). The fourth-order valence-corrected chi connectivity index (χ4v) is 3.38. The number of rotatable bonds is 6. The van der Waals surface area contributed by atoms with Gasteiger partial charge in [-0.15, -0.1) is 0 Å². The predicted octanol–water partition coefficient (Wildman–Crippen LogP) is 4.41. The molecule has 168 valence electrons. The number of para-hydroxylation sites is 1. The van der Waals surface area contributed by atoms with Gasteiger partial charge in [0.1, 0.15) is 40.0 Å². The van der Waals surface area contributed by atoms with E-state index in [9.17, 15) is 22.8 Å². The van der Waals surface area contributed by atoms with Gasteiger partial charge in [-0.25, -0.2) is 18.0 Å². The average Bonchev–Trinajstić information content (AvgIpc) is 2.72. The summed E-state index contributed by atoms with van der Waals surface area (Å²) in [5, 5.41) is 9.06. The summed E-state index contributed by atoms with van der Waals surface area (Å²) in [6.45, 7) is 1.14. The summed E-state index contributed by atoms with van der Waals surface area (Å²) in [5.41, 5.74) is -0.520. The van der Waals surface area contributed by atoms with Gasteiger partial charge in [-0.05, 0) is 58.2 Å². The highest BCUT2D eigenvalue weighted by Gasteiger charge is 2.20. The van der Waals surface area contributed by atoms with E-state index < -0.39 is 34.8 Å². The highest BCUT2D eigenvalue weighted by atomic mass is 79.9. The van der Waals surface area contributed by atoms with Gasteiger partial charge in [0.15, 0.2) is 0 Å². The van der Waals surface area contributed by atoms with Gasteiger partial charge in [-0.2, -0.15) is 4.98 Å². The smallest absolute Gasteiger partial charge is 0.407 e. The van der Waals surface area contributed by atoms with E-state index in [1.165, 1.54) is 38.2 Å². The molecule has 1 heterocycles. The van der Waals surface area contributed by atoms with E-state index in [1.54, 1.807) is 0 Å². The van der Waals surface area contributed by atoms with Crippen LogP contribution >= 0.6 is 15.9 Å². The third-order valence-electron chi connectivity index (χ3n) is 4.59. The van der Waals surface area contributed by atoms with Crippen LogP contribution in [-0.2, 0) is 13.2 Å². The lowest BCUT2D eigenvalue weighted by Gasteiger charge is -2.17. The van der Waals surface area contributed by atoms with Crippen LogP contribution in [0.4, 0.5) is 18.0 Å². The molecule has 1 aromatic heterocycles. The largest absolute Gasteiger partial charge is 0.472 e. The van der Waals surface area contributed by atoms with Gasteiger partial charge in [0.25, 0.3) is 5.56 Å². The number of nitrogens with zero attached hydrogens (tertiary/aromatic N) is 3. The summed E-state index contributed by atoms with van der Waals surface area (Å²) in [5.74, 6) is -2.58. The van der Waals surface area contributed by atoms with Crippen molar-refractivity contribution < 1.29 is 27.8 Å². The minimum absolute atomic E-state index is 0.0258. The summed E-state index contributed by atoms with van der Waals surface area (Å²) in [7, 11) is 1.33. The number of hydrogen-bond acceptors (Lipinski definition) is 4. The Balaban J connectivity index is 1.94. The first-order valence-corrected chi connectivity index (χ1v) is 9.97. The van der Waals surface area contributed by atoms with Gasteiger partial charge in [-0.3, -0.25) is 9.36 Å². The number of carboxylic acid groups (broad SMARTS) is 1. The highest BCUT2D eigenvalue weighted by Crippen LogP contribution is 2.24. The lowest BCUT2D eigenvalue weighted by atomic mass is 10.1. The van der Waals surface area contributed by atoms with Gasteiger partial charge < -0.3 is 14.7 Å². The van der Waals surface area contributed by atoms with Crippen molar-refractivity contribution in [2.75, 3.05) is 7.05 Å². The van der Waals surface area contributed by atoms with E-state index in [-0.39, 0.29) is 29.3 Å². The minimum atomic E-state index is -1.19. The Kier molecular flexibility index (Phi) is 6.87. The van der Waals surface area contributed by atoms with Gasteiger partial charge >= 0.3 is 6.09 Å². The SMILES string of the molecule is Cc1nc(OCc2ccc(F)cc2CN(C)C(=O)O)c(Br)c(=O)n1-c1c(F)cccc1F. The van der Waals surface area contributed by atoms with E-state index in [0.29, 0.717) is 11.1 Å². The maximum absolute atomic E-state index is 14.2. The molecule has 0 radical (unpaired) electrons. The topological polar surface area (TPSA) is 84.7 Å². The van der Waals surface area contributed by atoms with Crippen LogP contribution in [0.5, 0.6) is 5.88 Å². The Morgan fingerprint density at radius 2 is 1.84 bits per heavy atom. The van der Waals surface area contributed by atoms with E-state index in [1.807, 2.05) is 0 Å². The number of ether oxygens (including phenoxy) is 1. The number of aryl methyl sites for hydroxylation is 1. The van der Waals surface area contributed by atoms with E-state index in [0.717, 1.165) is 21.6 Å². The van der Waals surface area contributed by atoms with Crippen molar-refractivity contribution in [1.29, 1.82) is 0 Å². The normalized spacial score (nSPS) is 10.8. The molecular weight excluding hydrogens is 495 g/mol. The first-order valence-electron chi connectivity index (χ1n) is 9.17. The second kappa shape index (κ2) is 9.43. The van der Waals surface area contributed by atoms with Gasteiger partial charge in [0, 0.05) is 13.6 Å². The summed E-state index contributed by atoms with van der Waals surface area (Å²) in [6.07, 6.45) is -1.19. The summed E-state index contributed by atoms with van der Waals surface area (Å²) in [4.78, 5) is 29.0. The van der Waals surface area contributed by atoms with Crippen LogP contribution in [0.3, 0.4) is 0 Å². The van der Waals surface area contributed by atoms with Crippen molar-refractivity contribution in [3.8, 4) is 11.6 Å². The maximum Gasteiger partial charge on any atom is 0.407 e. The Morgan fingerprint density at radius 3 is 2.47 bits per heavy atom. The molecule has 0 bridgehead atoms. The summed E-state index contributed by atoms with van der Waals surface area (Å²) < 4.78 is 48.3. The highest BCUT2D eigenvalue weighted by molar-refractivity contribution is 9.10. The Hall–Kier alpha value is -3.34. The van der Waals surface area contributed by atoms with E-state index >= 15 is 0 Å². The molecule has 0 spiro atoms. The molecule has 0 atom stereocenters. The summed E-state index contributed by atoms with van der Waals surface area (Å²) in [6, 6.07) is 7.02. The minimum Gasteiger partial charge on any atom is -0.472 e. The zero-order valence-corrected chi connectivity index (χ0v) is 18.5. The molecule has 1 amide bonds. The Bertz CT molecular complexity index is 1230. The third kappa shape index (κ3) is 4.77. The van der Waals surface area contributed by atoms with Gasteiger partial charge in [0.05, 0.1) is 0 Å². The van der Waals surface area contributed by atoms with Crippen molar-refractivity contribution in [1.82, 2.24) is 14.5 Å². The van der Waals surface area contributed by atoms with Crippen molar-refractivity contribution in [2.24, 2.45) is 0 Å². The molecule has 3 rings (SSSR count). The fraction of sp³-hybridized carbons (Fsp3) is 0.190. The molecule has 0 saturated heterocycles. The Morgan fingerprint density at radius 1 is 1.19 bits per heavy atom. The number of benzene rings is 2. The number of carbonyl (C=O) groups is 1. The van der Waals surface area contributed by atoms with E-state index in [2.05, 4.69) is 20.9 Å². The number of aromatic nitrogens is 2. The van der Waals surface area contributed by atoms with Crippen LogP contribution < -0.4 is 10.3 Å². The lowest BCUT2D eigenvalue weighted by Crippen LogP contribution is -2.26. The predicted molar refractivity (Wildman–Crippen MR) is 112 cm³/mol. The Labute approximate surface area is 188 Å². The molecule has 7 nitrogen and oxygen atoms in total. The first-order chi connectivity index (χ1) is 15.1. The van der Waals surface area contributed by atoms with E-state index in [4.69, 9.17) is 9.84 Å². The van der Waals surface area contributed by atoms with Crippen LogP contribution in [0.2, 0.25) is 0 Å². The first kappa shape index (κ1) is 23.3. The molecule has 32 heavy (non-hydrogen) atoms. The lowest BCUT2D eigenvalue weighted by molar-refractivity contribution is 0.153. The molecular formula is C21H17BrF3N3O4. The van der Waals surface area contributed by atoms with Gasteiger partial charge in [-0.1, -0.05) is 12.1 Å². The van der Waals surface area contributed by atoms with Gasteiger partial charge in [0.2, 0.25) is 5.88 Å². The van der Waals surface area contributed by atoms with Crippen LogP contribution in [0.25, 0.3) is 5.69 Å². The molecule has 0 fully saturated rings. The second-order valence-electron chi connectivity index (χ2n) is 6.83. The summed E-state index contributed by atoms with van der Waals surface area (Å²) >= 11 is 3.06. The van der Waals surface area contributed by atoms with Crippen LogP contribution in [0.1, 0.15) is 17.0 Å². The molecule has 0 aliphatic heterocycles. The fourth-order valence-electron chi connectivity index (χ4n) is 3.00. The number of hydrogen-bond donors (Lipinski definition) is 1. The molecule has 0 unspecified atom stereocenters. The molecule has 0 aliphatic rings. The maximum atomic E-state index is 14.2. The molecule has 2 aromatic carbocycles. The number of amides is 1. The van der Waals surface area contributed by atoms with Crippen molar-refractivity contribution in [2.45, 2.75) is 20.1 Å². The second-order valence-corrected chi connectivity index (χ2v) is 7.62. The molecule has 11 heteroatoms. The molecule has 1 N–H and O–H groups in total. The van der Waals surface area contributed by atoms with Crippen LogP contribution in [0, 0.1) is 24.4 Å². The van der Waals surface area contributed by atoms with Crippen LogP contribution in [0.15, 0.2) is 45.7 Å². The zero-order chi connectivity index (χ0) is 23.6. The van der Waals surface area contributed by atoms with Crippen molar-refractivity contribution in [3.05, 3.63) is 85.6 Å². The van der Waals surface area contributed by atoms with Crippen LogP contribution in [-0.4, -0.2) is 32.7 Å². The average molecular weight is 512 g/mol. The van der Waals surface area contributed by atoms with Crippen molar-refractivity contribution in [3.63, 3.8) is 0 Å². The van der Waals surface area contributed by atoms with Crippen molar-refractivity contribution >= 4 is 22.0 Å². The third-order valence-corrected chi connectivity index (χ3v) is 5.27. The molecule has 3 aromatic rings. The molecule has 0 saturated carbocycles. The quantitative estimate of drug-likeness (QED) is 0.529. The zero-order valence-electron chi connectivity index (χ0n) is 16.9. The monoisotopic (exact) mass is 511 g/mol. The molecule has 0 aliphatic carbocycles. The number of halogens is 4.